The number of hydrogen-bond acceptors (Lipinski definition) is 6. The Morgan fingerprint density at radius 2 is 1.74 bits per heavy atom. The molecule has 2 aromatic carbocycles. The molecule has 1 atom stereocenters. The smallest absolute Gasteiger partial charge is 0.349 e. The first-order valence-corrected chi connectivity index (χ1v) is 12.6. The van der Waals surface area contributed by atoms with Crippen LogP contribution in [0.4, 0.5) is 10.1 Å². The fourth-order valence-corrected chi connectivity index (χ4v) is 5.18. The highest BCUT2D eigenvalue weighted by molar-refractivity contribution is 7.20. The molecule has 5 aromatic rings. The number of benzene rings is 2. The summed E-state index contributed by atoms with van der Waals surface area (Å²) < 4.78 is 23.5. The van der Waals surface area contributed by atoms with Crippen molar-refractivity contribution >= 4 is 39.1 Å². The van der Waals surface area contributed by atoms with Crippen molar-refractivity contribution in [3.8, 4) is 11.4 Å². The number of carbonyl (C=O) groups is 2. The van der Waals surface area contributed by atoms with Crippen LogP contribution in [0.15, 0.2) is 65.5 Å². The summed E-state index contributed by atoms with van der Waals surface area (Å²) in [5.74, 6) is -1.66. The number of amides is 1. The Hall–Kier alpha value is -4.51. The van der Waals surface area contributed by atoms with Crippen LogP contribution >= 0.6 is 11.3 Å². The molecule has 9 nitrogen and oxygen atoms in total. The number of fused-ring (bicyclic) bond motifs is 1. The SMILES string of the molecule is Cc1nn(-c2ccc(F)cc2)c2sc(C(=O)OC(C)C(=O)Nc3c(C)n(C)n(-c4ccccc4)c3=O)cc12. The molecule has 0 radical (unpaired) electrons. The van der Waals surface area contributed by atoms with E-state index in [0.29, 0.717) is 32.5 Å². The van der Waals surface area contributed by atoms with Crippen molar-refractivity contribution in [2.45, 2.75) is 26.9 Å². The number of aryl methyl sites for hydroxylation is 1. The number of aromatic nitrogens is 4. The number of ether oxygens (including phenoxy) is 1. The van der Waals surface area contributed by atoms with Gasteiger partial charge in [-0.25, -0.2) is 18.5 Å². The number of thiophene rings is 1. The van der Waals surface area contributed by atoms with Crippen LogP contribution in [0.1, 0.15) is 28.0 Å². The van der Waals surface area contributed by atoms with Gasteiger partial charge >= 0.3 is 5.97 Å². The van der Waals surface area contributed by atoms with Crippen molar-refractivity contribution in [2.75, 3.05) is 5.32 Å². The zero-order chi connectivity index (χ0) is 27.1. The zero-order valence-electron chi connectivity index (χ0n) is 21.1. The third kappa shape index (κ3) is 4.41. The minimum absolute atomic E-state index is 0.112. The highest BCUT2D eigenvalue weighted by Gasteiger charge is 2.25. The van der Waals surface area contributed by atoms with E-state index in [1.807, 2.05) is 25.1 Å². The van der Waals surface area contributed by atoms with Crippen LogP contribution in [0.25, 0.3) is 21.6 Å². The Morgan fingerprint density at radius 1 is 1.05 bits per heavy atom. The Kier molecular flexibility index (Phi) is 6.45. The first-order valence-electron chi connectivity index (χ1n) is 11.8. The van der Waals surface area contributed by atoms with E-state index < -0.39 is 23.5 Å². The van der Waals surface area contributed by atoms with Crippen LogP contribution in [0.2, 0.25) is 0 Å². The van der Waals surface area contributed by atoms with Gasteiger partial charge in [-0.15, -0.1) is 11.3 Å². The second kappa shape index (κ2) is 9.75. The van der Waals surface area contributed by atoms with Crippen molar-refractivity contribution in [1.82, 2.24) is 19.1 Å². The van der Waals surface area contributed by atoms with E-state index >= 15 is 0 Å². The van der Waals surface area contributed by atoms with Gasteiger partial charge in [0.2, 0.25) is 0 Å². The Balaban J connectivity index is 1.34. The van der Waals surface area contributed by atoms with E-state index in [-0.39, 0.29) is 11.5 Å². The summed E-state index contributed by atoms with van der Waals surface area (Å²) in [5.41, 5.74) is 2.27. The predicted molar refractivity (Wildman–Crippen MR) is 143 cm³/mol. The molecule has 0 saturated heterocycles. The molecule has 3 heterocycles. The molecule has 1 N–H and O–H groups in total. The number of rotatable bonds is 6. The van der Waals surface area contributed by atoms with Crippen molar-refractivity contribution in [1.29, 1.82) is 0 Å². The molecular weight excluding hydrogens is 509 g/mol. The molecule has 0 aliphatic carbocycles. The molecular formula is C27H24FN5O4S. The van der Waals surface area contributed by atoms with E-state index in [9.17, 15) is 18.8 Å². The summed E-state index contributed by atoms with van der Waals surface area (Å²) in [5, 5.41) is 7.86. The summed E-state index contributed by atoms with van der Waals surface area (Å²) in [6.45, 7) is 4.97. The van der Waals surface area contributed by atoms with Gasteiger partial charge in [0.15, 0.2) is 6.10 Å². The fraction of sp³-hybridized carbons (Fsp3) is 0.185. The van der Waals surface area contributed by atoms with Crippen LogP contribution in [0.3, 0.4) is 0 Å². The molecule has 5 rings (SSSR count). The predicted octanol–water partition coefficient (Wildman–Crippen LogP) is 4.52. The number of para-hydroxylation sites is 1. The molecule has 1 unspecified atom stereocenters. The van der Waals surface area contributed by atoms with Gasteiger partial charge in [0.1, 0.15) is 21.2 Å². The molecule has 194 valence electrons. The maximum Gasteiger partial charge on any atom is 0.349 e. The largest absolute Gasteiger partial charge is 0.448 e. The monoisotopic (exact) mass is 533 g/mol. The molecule has 3 aromatic heterocycles. The third-order valence-electron chi connectivity index (χ3n) is 6.27. The number of hydrogen-bond donors (Lipinski definition) is 1. The minimum atomic E-state index is -1.16. The second-order valence-corrected chi connectivity index (χ2v) is 9.81. The van der Waals surface area contributed by atoms with Gasteiger partial charge in [-0.2, -0.15) is 5.10 Å². The van der Waals surface area contributed by atoms with Crippen LogP contribution < -0.4 is 10.9 Å². The first kappa shape index (κ1) is 25.2. The van der Waals surface area contributed by atoms with Gasteiger partial charge in [-0.1, -0.05) is 18.2 Å². The van der Waals surface area contributed by atoms with E-state index in [1.54, 1.807) is 53.7 Å². The molecule has 0 aliphatic heterocycles. The van der Waals surface area contributed by atoms with E-state index in [2.05, 4.69) is 10.4 Å². The van der Waals surface area contributed by atoms with Gasteiger partial charge in [-0.05, 0) is 63.2 Å². The van der Waals surface area contributed by atoms with E-state index in [1.165, 1.54) is 23.7 Å². The molecule has 38 heavy (non-hydrogen) atoms. The fourth-order valence-electron chi connectivity index (χ4n) is 4.11. The van der Waals surface area contributed by atoms with Crippen LogP contribution in [-0.4, -0.2) is 37.1 Å². The molecule has 0 bridgehead atoms. The molecule has 0 fully saturated rings. The Morgan fingerprint density at radius 3 is 2.42 bits per heavy atom. The molecule has 0 saturated carbocycles. The lowest BCUT2D eigenvalue weighted by molar-refractivity contribution is -0.123. The quantitative estimate of drug-likeness (QED) is 0.324. The number of nitrogens with zero attached hydrogens (tertiary/aromatic N) is 4. The summed E-state index contributed by atoms with van der Waals surface area (Å²) in [7, 11) is 1.72. The third-order valence-corrected chi connectivity index (χ3v) is 7.36. The highest BCUT2D eigenvalue weighted by atomic mass is 32.1. The maximum atomic E-state index is 13.4. The van der Waals surface area contributed by atoms with Gasteiger partial charge in [0.25, 0.3) is 11.5 Å². The highest BCUT2D eigenvalue weighted by Crippen LogP contribution is 2.31. The molecule has 11 heteroatoms. The Bertz CT molecular complexity index is 1730. The number of nitrogens with one attached hydrogen (secondary N) is 1. The van der Waals surface area contributed by atoms with Crippen molar-refractivity contribution in [3.05, 3.63) is 93.1 Å². The van der Waals surface area contributed by atoms with Gasteiger partial charge in [0.05, 0.1) is 22.8 Å². The van der Waals surface area contributed by atoms with Gasteiger partial charge < -0.3 is 10.1 Å². The maximum absolute atomic E-state index is 13.4. The number of halogens is 1. The lowest BCUT2D eigenvalue weighted by Crippen LogP contribution is -2.32. The zero-order valence-corrected chi connectivity index (χ0v) is 21.9. The number of esters is 1. The topological polar surface area (TPSA) is 100 Å². The lowest BCUT2D eigenvalue weighted by Gasteiger charge is -2.12. The standard InChI is InChI=1S/C27H24FN5O4S/c1-15-21-14-22(38-26(21)32(30-15)19-12-10-18(28)11-13-19)27(36)37-17(3)24(34)29-23-16(2)31(4)33(25(23)35)20-8-6-5-7-9-20/h5-14,17H,1-4H3,(H,29,34). The van der Waals surface area contributed by atoms with E-state index in [4.69, 9.17) is 4.74 Å². The molecule has 0 spiro atoms. The van der Waals surface area contributed by atoms with Crippen molar-refractivity contribution in [2.24, 2.45) is 7.05 Å². The van der Waals surface area contributed by atoms with Gasteiger partial charge in [-0.3, -0.25) is 14.3 Å². The van der Waals surface area contributed by atoms with Crippen molar-refractivity contribution in [3.63, 3.8) is 0 Å². The van der Waals surface area contributed by atoms with Gasteiger partial charge in [0, 0.05) is 12.4 Å². The number of anilines is 1. The van der Waals surface area contributed by atoms with E-state index in [0.717, 1.165) is 16.7 Å². The Labute approximate surface area is 220 Å². The summed E-state index contributed by atoms with van der Waals surface area (Å²) in [6, 6.07) is 16.6. The number of carbonyl (C=O) groups excluding carboxylic acids is 2. The lowest BCUT2D eigenvalue weighted by atomic mass is 10.3. The minimum Gasteiger partial charge on any atom is -0.448 e. The molecule has 0 aliphatic rings. The normalized spacial score (nSPS) is 12.0. The average molecular weight is 534 g/mol. The average Bonchev–Trinajstić information content (AvgIpc) is 3.54. The summed E-state index contributed by atoms with van der Waals surface area (Å²) in [4.78, 5) is 39.9. The van der Waals surface area contributed by atoms with Crippen LogP contribution in [0, 0.1) is 19.7 Å². The summed E-state index contributed by atoms with van der Waals surface area (Å²) >= 11 is 1.16. The van der Waals surface area contributed by atoms with Crippen molar-refractivity contribution < 1.29 is 18.7 Å². The summed E-state index contributed by atoms with van der Waals surface area (Å²) in [6.07, 6.45) is -1.16. The second-order valence-electron chi connectivity index (χ2n) is 8.78. The first-order chi connectivity index (χ1) is 18.2. The molecule has 1 amide bonds. The van der Waals surface area contributed by atoms with Crippen LogP contribution in [0.5, 0.6) is 0 Å². The van der Waals surface area contributed by atoms with Crippen LogP contribution in [-0.2, 0) is 16.6 Å².